The molecule has 45 nitrogen and oxygen atoms in total. The molecule has 3 aliphatic heterocycles. The molecule has 17 N–H and O–H groups in total. The number of fused-ring (bicyclic) bond motifs is 1. The van der Waals surface area contributed by atoms with E-state index in [1.54, 1.807) is 35.7 Å². The minimum absolute atomic E-state index is 0.00411. The zero-order valence-corrected chi connectivity index (χ0v) is 89.6. The number of benzene rings is 1. The number of hydrogen-bond donors (Lipinski definition) is 16. The number of primary amides is 1. The van der Waals surface area contributed by atoms with Crippen molar-refractivity contribution in [1.29, 1.82) is 0 Å². The number of methoxy groups -OCH3 is 4. The van der Waals surface area contributed by atoms with E-state index in [9.17, 15) is 125 Å². The number of carbonyl (C=O) groups excluding carboxylic acids is 25. The third kappa shape index (κ3) is 59.5. The van der Waals surface area contributed by atoms with Crippen LogP contribution < -0.4 is 80.2 Å². The van der Waals surface area contributed by atoms with Gasteiger partial charge in [-0.1, -0.05) is 78.4 Å². The first-order valence-electron chi connectivity index (χ1n) is 50.0. The molecule has 10 atom stereocenters. The maximum atomic E-state index is 14.4. The molecule has 1 aromatic carbocycles. The van der Waals surface area contributed by atoms with Crippen molar-refractivity contribution in [3.05, 3.63) is 29.8 Å². The molecule has 0 radical (unpaired) electrons. The van der Waals surface area contributed by atoms with Gasteiger partial charge in [-0.05, 0) is 152 Å². The number of rotatable bonds is 80. The quantitative estimate of drug-likeness (QED) is 0.0193. The number of phenols is 1. The largest absolute Gasteiger partial charge is 0.508 e. The number of ketones is 3. The Morgan fingerprint density at radius 1 is 0.392 bits per heavy atom. The zero-order valence-electron chi connectivity index (χ0n) is 84.7. The van der Waals surface area contributed by atoms with Gasteiger partial charge in [0.2, 0.25) is 76.8 Å². The van der Waals surface area contributed by atoms with E-state index >= 15 is 0 Å². The van der Waals surface area contributed by atoms with Crippen LogP contribution in [0.5, 0.6) is 5.75 Å². The van der Waals surface area contributed by atoms with Crippen molar-refractivity contribution in [2.24, 2.45) is 23.5 Å². The summed E-state index contributed by atoms with van der Waals surface area (Å²) in [6, 6.07) is 0.865. The van der Waals surface area contributed by atoms with Crippen LogP contribution in [0.2, 0.25) is 0 Å². The lowest BCUT2D eigenvalue weighted by atomic mass is 9.93. The molecule has 0 spiro atoms. The summed E-state index contributed by atoms with van der Waals surface area (Å²) in [5.41, 5.74) is 6.33. The standard InChI is InChI=1S/C97H147N15O30S6/c1-139-82(124)57-145-86(128)32-17-28-76(118)100-44-14-9-23-68(107-78(120)30-19-34-88(130)147-59-84(126)141-3)73(116)40-41-80(122)109-69(24-11-16-46-102-81(123)54-106-96(137)70(108-79(121)31-20-35-89(131)148-60-85(127)142-4)25-10-15-45-101-77(119)29-18-33-87(129)146-58-83(125)140-2)95(136)103-47-13-8-21-62(50-66(114)53-105-93(134)64-42-48-143-55-64)92(133)104-52-67(115)51-63(94(135)110-71(91(98)132)49-61-36-38-65(113)39-37-61)22-7-12-43-99-75(117)27-6-5-26-74-90-72(56-144-74)111-97(138)112-90/h36-39,62-64,68-72,74,90,113H,5-35,40-60H2,1-4H3,(H2,98,132)(H,99,117)(H,100,118)(H,101,119)(H,102,123)(H,103,136)(H,104,133)(H,105,134)(H,106,137)(H,107,120)(H,108,121)(H,109,122)(H,110,135)(H2,111,112,138)/t62?,63-,64?,68+,69+,70+,71+,72?,74?,90?/m1/s1. The van der Waals surface area contributed by atoms with Crippen molar-refractivity contribution in [3.8, 4) is 5.75 Å². The van der Waals surface area contributed by atoms with Gasteiger partial charge >= 0.3 is 29.9 Å². The highest BCUT2D eigenvalue weighted by atomic mass is 32.2. The number of unbranched alkanes of at least 4 members (excludes halogenated alkanes) is 6. The Hall–Kier alpha value is -10.9. The van der Waals surface area contributed by atoms with E-state index < -0.39 is 181 Å². The van der Waals surface area contributed by atoms with Crippen LogP contribution in [0.15, 0.2) is 24.3 Å². The molecule has 3 heterocycles. The molecule has 3 saturated heterocycles. The number of aromatic hydroxyl groups is 1. The number of nitrogens with two attached hydrogens (primary N) is 1. The zero-order chi connectivity index (χ0) is 109. The summed E-state index contributed by atoms with van der Waals surface area (Å²) >= 11 is 6.35. The summed E-state index contributed by atoms with van der Waals surface area (Å²) in [7, 11) is 4.72. The number of phenolic OH excluding ortho intramolecular Hbond substituents is 1. The van der Waals surface area contributed by atoms with Gasteiger partial charge < -0.3 is 104 Å². The number of Topliss-reactive ketones (excluding diaryl/α,β-unsaturated/α-hetero) is 3. The molecule has 826 valence electrons. The number of thioether (sulfide) groups is 6. The van der Waals surface area contributed by atoms with Gasteiger partial charge in [0.1, 0.15) is 23.9 Å². The van der Waals surface area contributed by atoms with Crippen molar-refractivity contribution in [2.75, 3.05) is 121 Å². The van der Waals surface area contributed by atoms with Crippen LogP contribution in [0.1, 0.15) is 237 Å². The van der Waals surface area contributed by atoms with Gasteiger partial charge in [-0.15, -0.1) is 0 Å². The van der Waals surface area contributed by atoms with E-state index in [2.05, 4.69) is 93.4 Å². The number of nitrogens with one attached hydrogen (secondary N) is 14. The summed E-state index contributed by atoms with van der Waals surface area (Å²) in [5, 5.41) is 47.0. The normalized spacial score (nSPS) is 15.4. The van der Waals surface area contributed by atoms with Gasteiger partial charge in [0.15, 0.2) is 37.8 Å². The minimum atomic E-state index is -1.32. The van der Waals surface area contributed by atoms with Crippen LogP contribution in [0.4, 0.5) is 4.79 Å². The van der Waals surface area contributed by atoms with Crippen molar-refractivity contribution >= 4 is 215 Å². The summed E-state index contributed by atoms with van der Waals surface area (Å²) in [6.07, 6.45) is 3.73. The number of carbonyl (C=O) groups is 25. The first-order valence-corrected chi connectivity index (χ1v) is 56.2. The number of esters is 4. The summed E-state index contributed by atoms with van der Waals surface area (Å²) < 4.78 is 18.2. The van der Waals surface area contributed by atoms with E-state index in [0.29, 0.717) is 61.6 Å². The number of urea groups is 1. The minimum Gasteiger partial charge on any atom is -0.508 e. The monoisotopic (exact) mass is 2190 g/mol. The maximum Gasteiger partial charge on any atom is 0.316 e. The second-order valence-electron chi connectivity index (χ2n) is 35.7. The molecular weight excluding hydrogens is 2050 g/mol. The topological polar surface area (TPSA) is 678 Å². The number of ether oxygens (including phenoxy) is 4. The molecule has 0 aliphatic carbocycles. The molecule has 0 aromatic heterocycles. The molecule has 51 heteroatoms. The molecule has 148 heavy (non-hydrogen) atoms. The highest BCUT2D eigenvalue weighted by Crippen LogP contribution is 2.34. The Kier molecular flexibility index (Phi) is 66.9. The SMILES string of the molecule is COC(=O)CSC(=O)CCCC(=O)NCCCC[C@H](NC(=O)CCCC(=O)SCC(=O)OC)C(=O)CCC(=O)N[C@@H](CCCCNC(=O)CNC(=O)[C@H](CCCCNC(=O)CCCC(=O)SCC(=O)OC)NC(=O)CCCC(=O)SCC(=O)OC)C(=O)NCCCCC(CC(=O)CNC(=O)C1CCSC1)C(=O)NCC(=O)C[C@@H](CCCCNC(=O)CCCCC1SCC2NC(=O)NC21)C(=O)N[C@@H](Cc1ccc(O)cc1)C(N)=O. The van der Waals surface area contributed by atoms with Crippen molar-refractivity contribution in [2.45, 2.75) is 279 Å². The predicted octanol–water partition coefficient (Wildman–Crippen LogP) is 2.53. The summed E-state index contributed by atoms with van der Waals surface area (Å²) in [4.78, 5) is 324. The highest BCUT2D eigenvalue weighted by molar-refractivity contribution is 8.15. The van der Waals surface area contributed by atoms with E-state index in [4.69, 9.17) is 5.73 Å². The van der Waals surface area contributed by atoms with Gasteiger partial charge in [-0.2, -0.15) is 23.5 Å². The Bertz CT molecular complexity index is 4580. The lowest BCUT2D eigenvalue weighted by Crippen LogP contribution is -2.49. The van der Waals surface area contributed by atoms with E-state index in [-0.39, 0.29) is 290 Å². The molecule has 3 aliphatic rings. The molecule has 1 aromatic rings. The highest BCUT2D eigenvalue weighted by Gasteiger charge is 2.43. The van der Waals surface area contributed by atoms with Crippen LogP contribution in [0.3, 0.4) is 0 Å². The van der Waals surface area contributed by atoms with Gasteiger partial charge in [-0.25, -0.2) is 4.79 Å². The smallest absolute Gasteiger partial charge is 0.316 e. The van der Waals surface area contributed by atoms with E-state index in [1.807, 2.05) is 0 Å². The maximum absolute atomic E-state index is 14.4. The molecule has 4 rings (SSSR count). The Morgan fingerprint density at radius 2 is 0.791 bits per heavy atom. The lowest BCUT2D eigenvalue weighted by molar-refractivity contribution is -0.138. The van der Waals surface area contributed by atoms with Crippen LogP contribution in [-0.2, 0) is 140 Å². The first kappa shape index (κ1) is 129. The van der Waals surface area contributed by atoms with Crippen molar-refractivity contribution in [1.82, 2.24) is 74.4 Å². The second-order valence-corrected chi connectivity index (χ2v) is 42.2. The van der Waals surface area contributed by atoms with Gasteiger partial charge in [-0.3, -0.25) is 115 Å². The average Bonchev–Trinajstić information content (AvgIpc) is 1.66. The summed E-state index contributed by atoms with van der Waals surface area (Å²) in [6.45, 7) is -1.20. The van der Waals surface area contributed by atoms with E-state index in [0.717, 1.165) is 66.7 Å². The van der Waals surface area contributed by atoms with Crippen LogP contribution >= 0.6 is 70.6 Å². The Labute approximate surface area is 887 Å². The second kappa shape index (κ2) is 76.6. The Balaban J connectivity index is 1.51. The predicted molar refractivity (Wildman–Crippen MR) is 555 cm³/mol. The fourth-order valence-corrected chi connectivity index (χ4v) is 20.9. The average molecular weight is 2200 g/mol. The molecule has 3 fully saturated rings. The third-order valence-electron chi connectivity index (χ3n) is 23.8. The fraction of sp³-hybridized carbons (Fsp3) is 0.680. The lowest BCUT2D eigenvalue weighted by Gasteiger charge is -2.21. The van der Waals surface area contributed by atoms with Crippen molar-refractivity contribution in [3.63, 3.8) is 0 Å². The molecule has 5 unspecified atom stereocenters. The van der Waals surface area contributed by atoms with Gasteiger partial charge in [0, 0.05) is 157 Å². The molecule has 0 bridgehead atoms. The van der Waals surface area contributed by atoms with E-state index in [1.165, 1.54) is 33.5 Å². The fourth-order valence-electron chi connectivity index (χ4n) is 15.4. The van der Waals surface area contributed by atoms with Crippen molar-refractivity contribution < 1.29 is 144 Å². The third-order valence-corrected chi connectivity index (χ3v) is 30.1. The number of amides is 15. The first-order chi connectivity index (χ1) is 70.9. The van der Waals surface area contributed by atoms with Crippen LogP contribution in [0, 0.1) is 17.8 Å². The van der Waals surface area contributed by atoms with Crippen LogP contribution in [0.25, 0.3) is 0 Å². The van der Waals surface area contributed by atoms with Crippen LogP contribution in [-0.4, -0.2) is 312 Å². The van der Waals surface area contributed by atoms with Gasteiger partial charge in [0.25, 0.3) is 0 Å². The molecule has 15 amide bonds. The number of hydrogen-bond acceptors (Lipinski definition) is 36. The van der Waals surface area contributed by atoms with Gasteiger partial charge in [0.05, 0.1) is 89.2 Å². The molecule has 0 saturated carbocycles. The molecular formula is C97H147N15O30S6. The summed E-state index contributed by atoms with van der Waals surface area (Å²) in [5.74, 6) is -13.1. The Morgan fingerprint density at radius 3 is 1.24 bits per heavy atom.